The van der Waals surface area contributed by atoms with Crippen molar-refractivity contribution in [3.05, 3.63) is 52.4 Å². The van der Waals surface area contributed by atoms with Crippen molar-refractivity contribution in [2.45, 2.75) is 34.1 Å². The molecule has 4 nitrogen and oxygen atoms in total. The number of ether oxygens (including phenoxy) is 1. The first-order valence-corrected chi connectivity index (χ1v) is 9.18. The molecule has 5 heteroatoms. The molecule has 0 aliphatic carbocycles. The average molecular weight is 357 g/mol. The predicted molar refractivity (Wildman–Crippen MR) is 103 cm³/mol. The molecule has 2 aromatic rings. The van der Waals surface area contributed by atoms with Crippen LogP contribution in [0.3, 0.4) is 0 Å². The SMILES string of the molecule is CCOC(=O)c1c(-c2ccc(CC)cc2)csc1NC(=O)C=C(C)C. The molecule has 0 saturated heterocycles. The van der Waals surface area contributed by atoms with Crippen LogP contribution in [0.15, 0.2) is 41.3 Å². The van der Waals surface area contributed by atoms with Gasteiger partial charge in [-0.2, -0.15) is 0 Å². The molecule has 0 spiro atoms. The van der Waals surface area contributed by atoms with E-state index in [4.69, 9.17) is 4.74 Å². The van der Waals surface area contributed by atoms with E-state index in [1.165, 1.54) is 23.0 Å². The summed E-state index contributed by atoms with van der Waals surface area (Å²) in [5.41, 5.74) is 4.24. The van der Waals surface area contributed by atoms with Gasteiger partial charge in [-0.05, 0) is 38.3 Å². The van der Waals surface area contributed by atoms with Gasteiger partial charge in [0, 0.05) is 17.0 Å². The first-order valence-electron chi connectivity index (χ1n) is 8.30. The maximum Gasteiger partial charge on any atom is 0.341 e. The highest BCUT2D eigenvalue weighted by Gasteiger charge is 2.22. The van der Waals surface area contributed by atoms with E-state index in [1.807, 2.05) is 43.5 Å². The smallest absolute Gasteiger partial charge is 0.341 e. The van der Waals surface area contributed by atoms with E-state index in [0.29, 0.717) is 10.6 Å². The van der Waals surface area contributed by atoms with Gasteiger partial charge in [0.1, 0.15) is 10.6 Å². The van der Waals surface area contributed by atoms with Crippen LogP contribution in [0.25, 0.3) is 11.1 Å². The van der Waals surface area contributed by atoms with Gasteiger partial charge in [-0.3, -0.25) is 4.79 Å². The quantitative estimate of drug-likeness (QED) is 0.581. The van der Waals surface area contributed by atoms with Crippen LogP contribution in [-0.4, -0.2) is 18.5 Å². The number of aryl methyl sites for hydroxylation is 1. The van der Waals surface area contributed by atoms with Crippen LogP contribution in [0.4, 0.5) is 5.00 Å². The minimum atomic E-state index is -0.425. The Labute approximate surface area is 152 Å². The summed E-state index contributed by atoms with van der Waals surface area (Å²) < 4.78 is 5.20. The molecule has 0 atom stereocenters. The Hall–Kier alpha value is -2.40. The van der Waals surface area contributed by atoms with Crippen LogP contribution in [0.2, 0.25) is 0 Å². The standard InChI is InChI=1S/C20H23NO3S/c1-5-14-7-9-15(10-8-14)16-12-25-19(18(16)20(23)24-6-2)21-17(22)11-13(3)4/h7-12H,5-6H2,1-4H3,(H,21,22). The molecule has 2 rings (SSSR count). The number of hydrogen-bond donors (Lipinski definition) is 1. The fourth-order valence-electron chi connectivity index (χ4n) is 2.40. The molecule has 0 unspecified atom stereocenters. The maximum absolute atomic E-state index is 12.5. The fraction of sp³-hybridized carbons (Fsp3) is 0.300. The number of carbonyl (C=O) groups is 2. The third-order valence-electron chi connectivity index (χ3n) is 3.60. The van der Waals surface area contributed by atoms with Gasteiger partial charge in [0.15, 0.2) is 0 Å². The van der Waals surface area contributed by atoms with Crippen LogP contribution in [0, 0.1) is 0 Å². The number of benzene rings is 1. The summed E-state index contributed by atoms with van der Waals surface area (Å²) >= 11 is 1.33. The molecular formula is C20H23NO3S. The zero-order chi connectivity index (χ0) is 18.4. The first kappa shape index (κ1) is 18.9. The lowest BCUT2D eigenvalue weighted by Gasteiger charge is -2.08. The number of esters is 1. The van der Waals surface area contributed by atoms with E-state index in [1.54, 1.807) is 6.92 Å². The highest BCUT2D eigenvalue weighted by atomic mass is 32.1. The lowest BCUT2D eigenvalue weighted by molar-refractivity contribution is -0.111. The summed E-state index contributed by atoms with van der Waals surface area (Å²) in [6.45, 7) is 7.84. The molecule has 1 N–H and O–H groups in total. The van der Waals surface area contributed by atoms with E-state index in [0.717, 1.165) is 23.1 Å². The van der Waals surface area contributed by atoms with E-state index in [9.17, 15) is 9.59 Å². The maximum atomic E-state index is 12.5. The Morgan fingerprint density at radius 1 is 1.16 bits per heavy atom. The minimum Gasteiger partial charge on any atom is -0.462 e. The van der Waals surface area contributed by atoms with E-state index in [2.05, 4.69) is 12.2 Å². The number of amides is 1. The van der Waals surface area contributed by atoms with Crippen molar-refractivity contribution in [2.24, 2.45) is 0 Å². The van der Waals surface area contributed by atoms with E-state index in [-0.39, 0.29) is 12.5 Å². The van der Waals surface area contributed by atoms with Gasteiger partial charge >= 0.3 is 5.97 Å². The Morgan fingerprint density at radius 2 is 1.84 bits per heavy atom. The van der Waals surface area contributed by atoms with Gasteiger partial charge in [-0.15, -0.1) is 11.3 Å². The Balaban J connectivity index is 2.44. The summed E-state index contributed by atoms with van der Waals surface area (Å²) in [7, 11) is 0. The summed E-state index contributed by atoms with van der Waals surface area (Å²) in [5.74, 6) is -0.675. The molecule has 1 aromatic carbocycles. The molecule has 1 amide bonds. The van der Waals surface area contributed by atoms with Gasteiger partial charge in [-0.1, -0.05) is 36.8 Å². The third kappa shape index (κ3) is 4.79. The third-order valence-corrected chi connectivity index (χ3v) is 4.50. The van der Waals surface area contributed by atoms with Gasteiger partial charge in [-0.25, -0.2) is 4.79 Å². The number of hydrogen-bond acceptors (Lipinski definition) is 4. The number of rotatable bonds is 6. The van der Waals surface area contributed by atoms with Crippen molar-refractivity contribution in [3.8, 4) is 11.1 Å². The molecule has 1 heterocycles. The van der Waals surface area contributed by atoms with Crippen LogP contribution < -0.4 is 5.32 Å². The molecule has 25 heavy (non-hydrogen) atoms. The topological polar surface area (TPSA) is 55.4 Å². The number of nitrogens with one attached hydrogen (secondary N) is 1. The van der Waals surface area contributed by atoms with E-state index >= 15 is 0 Å². The second-order valence-electron chi connectivity index (χ2n) is 5.84. The number of allylic oxidation sites excluding steroid dienone is 1. The summed E-state index contributed by atoms with van der Waals surface area (Å²) in [6, 6.07) is 8.07. The van der Waals surface area contributed by atoms with Crippen molar-refractivity contribution in [3.63, 3.8) is 0 Å². The fourth-order valence-corrected chi connectivity index (χ4v) is 3.36. The van der Waals surface area contributed by atoms with Crippen LogP contribution in [0.5, 0.6) is 0 Å². The molecule has 0 fully saturated rings. The second kappa shape index (κ2) is 8.62. The predicted octanol–water partition coefficient (Wildman–Crippen LogP) is 5.06. The molecule has 0 saturated carbocycles. The lowest BCUT2D eigenvalue weighted by atomic mass is 10.0. The van der Waals surface area contributed by atoms with Gasteiger partial charge in [0.25, 0.3) is 0 Å². The normalized spacial score (nSPS) is 10.2. The van der Waals surface area contributed by atoms with Crippen LogP contribution in [0.1, 0.15) is 43.6 Å². The molecular weight excluding hydrogens is 334 g/mol. The average Bonchev–Trinajstić information content (AvgIpc) is 2.97. The zero-order valence-corrected chi connectivity index (χ0v) is 15.8. The molecule has 1 aromatic heterocycles. The van der Waals surface area contributed by atoms with Crippen molar-refractivity contribution in [1.82, 2.24) is 0 Å². The van der Waals surface area contributed by atoms with Gasteiger partial charge in [0.2, 0.25) is 5.91 Å². The van der Waals surface area contributed by atoms with Crippen molar-refractivity contribution >= 4 is 28.2 Å². The Bertz CT molecular complexity index is 784. The van der Waals surface area contributed by atoms with Gasteiger partial charge in [0.05, 0.1) is 6.61 Å². The molecule has 132 valence electrons. The second-order valence-corrected chi connectivity index (χ2v) is 6.72. The molecule has 0 aliphatic rings. The monoisotopic (exact) mass is 357 g/mol. The summed E-state index contributed by atoms with van der Waals surface area (Å²) in [4.78, 5) is 24.5. The molecule has 0 aliphatic heterocycles. The van der Waals surface area contributed by atoms with Crippen molar-refractivity contribution < 1.29 is 14.3 Å². The largest absolute Gasteiger partial charge is 0.462 e. The van der Waals surface area contributed by atoms with Gasteiger partial charge < -0.3 is 10.1 Å². The summed E-state index contributed by atoms with van der Waals surface area (Å²) in [5, 5.41) is 5.19. The number of thiophene rings is 1. The highest BCUT2D eigenvalue weighted by Crippen LogP contribution is 2.36. The zero-order valence-electron chi connectivity index (χ0n) is 15.0. The lowest BCUT2D eigenvalue weighted by Crippen LogP contribution is -2.12. The number of carbonyl (C=O) groups excluding carboxylic acids is 2. The minimum absolute atomic E-state index is 0.250. The van der Waals surface area contributed by atoms with Crippen LogP contribution >= 0.6 is 11.3 Å². The highest BCUT2D eigenvalue weighted by molar-refractivity contribution is 7.15. The molecule has 0 radical (unpaired) electrons. The first-order chi connectivity index (χ1) is 12.0. The van der Waals surface area contributed by atoms with E-state index < -0.39 is 5.97 Å². The number of anilines is 1. The van der Waals surface area contributed by atoms with Crippen molar-refractivity contribution in [1.29, 1.82) is 0 Å². The van der Waals surface area contributed by atoms with Crippen LogP contribution in [-0.2, 0) is 16.0 Å². The summed E-state index contributed by atoms with van der Waals surface area (Å²) in [6.07, 6.45) is 2.46. The Morgan fingerprint density at radius 3 is 2.40 bits per heavy atom. The van der Waals surface area contributed by atoms with Crippen molar-refractivity contribution in [2.75, 3.05) is 11.9 Å². The Kier molecular flexibility index (Phi) is 6.53. The molecule has 0 bridgehead atoms.